The Hall–Kier alpha value is -2.59. The van der Waals surface area contributed by atoms with Crippen LogP contribution in [0.1, 0.15) is 30.4 Å². The van der Waals surface area contributed by atoms with E-state index in [4.69, 9.17) is 10.5 Å². The number of rotatable bonds is 6. The van der Waals surface area contributed by atoms with Gasteiger partial charge in [-0.1, -0.05) is 31.2 Å². The Morgan fingerprint density at radius 2 is 1.70 bits per heavy atom. The van der Waals surface area contributed by atoms with Crippen LogP contribution in [0.15, 0.2) is 86.7 Å². The zero-order valence-electron chi connectivity index (χ0n) is 19.3. The lowest BCUT2D eigenvalue weighted by Crippen LogP contribution is -2.38. The van der Waals surface area contributed by atoms with Crippen molar-refractivity contribution in [1.29, 1.82) is 5.26 Å². The van der Waals surface area contributed by atoms with Gasteiger partial charge in [0.2, 0.25) is 5.88 Å². The molecule has 33 heavy (non-hydrogen) atoms. The normalized spacial score (nSPS) is 19.9. The van der Waals surface area contributed by atoms with Gasteiger partial charge in [-0.3, -0.25) is 4.90 Å². The number of nitrogens with two attached hydrogens (primary N) is 1. The van der Waals surface area contributed by atoms with E-state index >= 15 is 0 Å². The number of hydrogen-bond acceptors (Lipinski definition) is 6. The Kier molecular flexibility index (Phi) is 7.54. The van der Waals surface area contributed by atoms with Gasteiger partial charge in [-0.25, -0.2) is 0 Å². The van der Waals surface area contributed by atoms with Gasteiger partial charge in [-0.05, 0) is 72.5 Å². The SMILES string of the molecule is CCCN1CC2=C(OC(N)=C(C#N)[C@H]2c2ccc(SC)cc2)/C(=C/c2ccc(SC)cc2)C1. The lowest BCUT2D eigenvalue weighted by Gasteiger charge is -2.38. The number of allylic oxidation sites excluding steroid dienone is 1. The van der Waals surface area contributed by atoms with E-state index in [1.165, 1.54) is 9.79 Å². The molecule has 4 nitrogen and oxygen atoms in total. The van der Waals surface area contributed by atoms with Gasteiger partial charge in [0, 0.05) is 28.5 Å². The van der Waals surface area contributed by atoms with E-state index in [0.717, 1.165) is 54.1 Å². The molecule has 2 aliphatic rings. The third-order valence-corrected chi connectivity index (χ3v) is 7.54. The highest BCUT2D eigenvalue weighted by molar-refractivity contribution is 7.98. The maximum Gasteiger partial charge on any atom is 0.205 e. The highest BCUT2D eigenvalue weighted by Gasteiger charge is 2.37. The third kappa shape index (κ3) is 5.01. The van der Waals surface area contributed by atoms with Crippen molar-refractivity contribution in [2.75, 3.05) is 32.1 Å². The molecule has 2 aromatic rings. The van der Waals surface area contributed by atoms with Crippen LogP contribution < -0.4 is 5.73 Å². The number of hydrogen-bond donors (Lipinski definition) is 1. The first kappa shape index (κ1) is 23.6. The number of benzene rings is 2. The van der Waals surface area contributed by atoms with Gasteiger partial charge in [0.1, 0.15) is 17.4 Å². The molecule has 6 heteroatoms. The summed E-state index contributed by atoms with van der Waals surface area (Å²) in [5.74, 6) is 0.839. The van der Waals surface area contributed by atoms with Gasteiger partial charge in [-0.15, -0.1) is 23.5 Å². The van der Waals surface area contributed by atoms with E-state index < -0.39 is 0 Å². The zero-order chi connectivity index (χ0) is 23.4. The smallest absolute Gasteiger partial charge is 0.205 e. The van der Waals surface area contributed by atoms with Gasteiger partial charge in [-0.2, -0.15) is 5.26 Å². The Morgan fingerprint density at radius 1 is 1.06 bits per heavy atom. The summed E-state index contributed by atoms with van der Waals surface area (Å²) in [6.07, 6.45) is 7.41. The Balaban J connectivity index is 1.82. The topological polar surface area (TPSA) is 62.3 Å². The standard InChI is InChI=1S/C27H29N3OS2/c1-4-13-30-16-20(14-18-5-9-21(32-2)10-6-18)26-24(17-30)25(23(15-28)27(29)31-26)19-7-11-22(33-3)12-8-19/h5-12,14,25H,4,13,16-17,29H2,1-3H3/b20-14+/t25-/m1/s1. The summed E-state index contributed by atoms with van der Waals surface area (Å²) < 4.78 is 6.16. The summed E-state index contributed by atoms with van der Waals surface area (Å²) in [6, 6.07) is 19.3. The number of nitrogens with zero attached hydrogens (tertiary/aromatic N) is 2. The summed E-state index contributed by atoms with van der Waals surface area (Å²) in [5.41, 5.74) is 11.2. The van der Waals surface area contributed by atoms with Crippen LogP contribution in [0, 0.1) is 11.3 Å². The van der Waals surface area contributed by atoms with E-state index in [9.17, 15) is 5.26 Å². The van der Waals surface area contributed by atoms with Crippen LogP contribution >= 0.6 is 23.5 Å². The molecule has 170 valence electrons. The molecule has 0 fully saturated rings. The first-order chi connectivity index (χ1) is 16.1. The summed E-state index contributed by atoms with van der Waals surface area (Å²) in [7, 11) is 0. The molecule has 2 heterocycles. The average Bonchev–Trinajstić information content (AvgIpc) is 2.84. The second-order valence-corrected chi connectivity index (χ2v) is 9.97. The van der Waals surface area contributed by atoms with E-state index in [-0.39, 0.29) is 11.8 Å². The Labute approximate surface area is 205 Å². The summed E-state index contributed by atoms with van der Waals surface area (Å²) >= 11 is 3.44. The molecule has 4 rings (SSSR count). The lowest BCUT2D eigenvalue weighted by molar-refractivity contribution is 0.234. The van der Waals surface area contributed by atoms with Crippen molar-refractivity contribution in [3.05, 3.63) is 88.0 Å². The molecule has 0 saturated carbocycles. The van der Waals surface area contributed by atoms with Crippen molar-refractivity contribution in [2.45, 2.75) is 29.1 Å². The summed E-state index contributed by atoms with van der Waals surface area (Å²) in [4.78, 5) is 4.87. The first-order valence-corrected chi connectivity index (χ1v) is 13.5. The van der Waals surface area contributed by atoms with Crippen molar-refractivity contribution < 1.29 is 4.74 Å². The van der Waals surface area contributed by atoms with Crippen LogP contribution in [0.2, 0.25) is 0 Å². The van der Waals surface area contributed by atoms with Gasteiger partial charge in [0.05, 0.1) is 5.92 Å². The van der Waals surface area contributed by atoms with Crippen molar-refractivity contribution >= 4 is 29.6 Å². The minimum atomic E-state index is -0.198. The average molecular weight is 476 g/mol. The highest BCUT2D eigenvalue weighted by Crippen LogP contribution is 2.44. The van der Waals surface area contributed by atoms with Crippen LogP contribution in [0.25, 0.3) is 6.08 Å². The molecular weight excluding hydrogens is 446 g/mol. The van der Waals surface area contributed by atoms with Crippen LogP contribution in [0.4, 0.5) is 0 Å². The molecule has 2 aromatic carbocycles. The van der Waals surface area contributed by atoms with Crippen LogP contribution in [-0.4, -0.2) is 37.0 Å². The second kappa shape index (κ2) is 10.6. The third-order valence-electron chi connectivity index (χ3n) is 6.05. The van der Waals surface area contributed by atoms with E-state index in [2.05, 4.69) is 85.0 Å². The summed E-state index contributed by atoms with van der Waals surface area (Å²) in [5, 5.41) is 9.98. The maximum absolute atomic E-state index is 9.98. The molecule has 0 amide bonds. The lowest BCUT2D eigenvalue weighted by atomic mass is 9.80. The molecule has 0 saturated heterocycles. The largest absolute Gasteiger partial charge is 0.440 e. The molecule has 0 spiro atoms. The van der Waals surface area contributed by atoms with Crippen molar-refractivity contribution in [3.63, 3.8) is 0 Å². The van der Waals surface area contributed by atoms with Gasteiger partial charge < -0.3 is 10.5 Å². The maximum atomic E-state index is 9.98. The number of nitriles is 1. The number of thioether (sulfide) groups is 2. The Morgan fingerprint density at radius 3 is 2.27 bits per heavy atom. The molecule has 1 atom stereocenters. The van der Waals surface area contributed by atoms with Gasteiger partial charge >= 0.3 is 0 Å². The molecular formula is C27H29N3OS2. The van der Waals surface area contributed by atoms with E-state index in [1.807, 2.05) is 0 Å². The molecule has 0 aromatic heterocycles. The minimum absolute atomic E-state index is 0.198. The summed E-state index contributed by atoms with van der Waals surface area (Å²) in [6.45, 7) is 4.74. The predicted molar refractivity (Wildman–Crippen MR) is 139 cm³/mol. The molecule has 2 N–H and O–H groups in total. The molecule has 0 aliphatic carbocycles. The monoisotopic (exact) mass is 475 g/mol. The molecule has 0 radical (unpaired) electrons. The fourth-order valence-electron chi connectivity index (χ4n) is 4.49. The Bertz CT molecular complexity index is 1140. The van der Waals surface area contributed by atoms with Gasteiger partial charge in [0.25, 0.3) is 0 Å². The number of ether oxygens (including phenoxy) is 1. The van der Waals surface area contributed by atoms with Crippen LogP contribution in [0.3, 0.4) is 0 Å². The minimum Gasteiger partial charge on any atom is -0.440 e. The molecule has 2 aliphatic heterocycles. The van der Waals surface area contributed by atoms with Crippen LogP contribution in [-0.2, 0) is 4.74 Å². The van der Waals surface area contributed by atoms with Crippen molar-refractivity contribution in [2.24, 2.45) is 5.73 Å². The predicted octanol–water partition coefficient (Wildman–Crippen LogP) is 6.00. The fourth-order valence-corrected chi connectivity index (χ4v) is 5.31. The molecule has 0 bridgehead atoms. The van der Waals surface area contributed by atoms with E-state index in [1.54, 1.807) is 23.5 Å². The zero-order valence-corrected chi connectivity index (χ0v) is 20.9. The first-order valence-electron chi connectivity index (χ1n) is 11.1. The molecule has 0 unspecified atom stereocenters. The fraction of sp³-hybridized carbons (Fsp3) is 0.296. The van der Waals surface area contributed by atoms with Crippen LogP contribution in [0.5, 0.6) is 0 Å². The van der Waals surface area contributed by atoms with Crippen molar-refractivity contribution in [1.82, 2.24) is 4.90 Å². The quantitative estimate of drug-likeness (QED) is 0.517. The van der Waals surface area contributed by atoms with E-state index in [0.29, 0.717) is 5.57 Å². The highest BCUT2D eigenvalue weighted by atomic mass is 32.2. The second-order valence-electron chi connectivity index (χ2n) is 8.21. The van der Waals surface area contributed by atoms with Gasteiger partial charge in [0.15, 0.2) is 0 Å². The van der Waals surface area contributed by atoms with Crippen molar-refractivity contribution in [3.8, 4) is 6.07 Å².